The lowest BCUT2D eigenvalue weighted by Gasteiger charge is -2.26. The van der Waals surface area contributed by atoms with Gasteiger partial charge in [-0.2, -0.15) is 13.2 Å². The maximum Gasteiger partial charge on any atom is 0.392 e. The first-order chi connectivity index (χ1) is 14.6. The monoisotopic (exact) mass is 471 g/mol. The van der Waals surface area contributed by atoms with Gasteiger partial charge in [-0.15, -0.1) is 0 Å². The summed E-state index contributed by atoms with van der Waals surface area (Å²) in [5.74, 6) is -3.05. The Kier molecular flexibility index (Phi) is 7.59. The number of carbonyl (C=O) groups is 1. The lowest BCUT2D eigenvalue weighted by Crippen LogP contribution is -2.34. The van der Waals surface area contributed by atoms with Crippen LogP contribution in [-0.2, 0) is 4.79 Å². The number of benzene rings is 2. The van der Waals surface area contributed by atoms with Crippen molar-refractivity contribution in [2.75, 3.05) is 5.32 Å². The average molecular weight is 472 g/mol. The molecule has 1 N–H and O–H groups in total. The minimum Gasteiger partial charge on any atom is -0.324 e. The van der Waals surface area contributed by atoms with Crippen LogP contribution in [0.15, 0.2) is 42.5 Å². The maximum atomic E-state index is 13.6. The van der Waals surface area contributed by atoms with Crippen molar-refractivity contribution < 1.29 is 18.0 Å². The molecule has 0 heterocycles. The summed E-state index contributed by atoms with van der Waals surface area (Å²) in [5, 5.41) is 3.36. The number of carbonyl (C=O) groups excluding carboxylic acids is 1. The number of anilines is 1. The van der Waals surface area contributed by atoms with Crippen LogP contribution in [0.25, 0.3) is 0 Å². The fraction of sp³-hybridized carbons (Fsp3) is 0.458. The number of halogens is 5. The lowest BCUT2D eigenvalue weighted by atomic mass is 9.85. The Labute approximate surface area is 191 Å². The molecule has 0 spiro atoms. The predicted octanol–water partition coefficient (Wildman–Crippen LogP) is 8.21. The Morgan fingerprint density at radius 3 is 2.26 bits per heavy atom. The van der Waals surface area contributed by atoms with Gasteiger partial charge in [0.1, 0.15) is 0 Å². The van der Waals surface area contributed by atoms with Crippen LogP contribution in [0.1, 0.15) is 62.5 Å². The third kappa shape index (κ3) is 5.95. The van der Waals surface area contributed by atoms with E-state index >= 15 is 0 Å². The molecular formula is C24H26Cl2F3NO. The summed E-state index contributed by atoms with van der Waals surface area (Å²) in [5.41, 5.74) is 1.66. The van der Waals surface area contributed by atoms with Gasteiger partial charge in [0, 0.05) is 5.02 Å². The highest BCUT2D eigenvalue weighted by molar-refractivity contribution is 6.33. The maximum absolute atomic E-state index is 13.6. The topological polar surface area (TPSA) is 29.1 Å². The summed E-state index contributed by atoms with van der Waals surface area (Å²) in [6.07, 6.45) is -0.121. The molecule has 3 rings (SSSR count). The smallest absolute Gasteiger partial charge is 0.324 e. The third-order valence-electron chi connectivity index (χ3n) is 6.00. The van der Waals surface area contributed by atoms with Gasteiger partial charge in [-0.05, 0) is 66.5 Å². The first kappa shape index (κ1) is 23.9. The molecule has 2 nitrogen and oxygen atoms in total. The van der Waals surface area contributed by atoms with Crippen LogP contribution in [0, 0.1) is 11.8 Å². The Bertz CT molecular complexity index is 910. The van der Waals surface area contributed by atoms with Gasteiger partial charge in [0.05, 0.1) is 22.5 Å². The van der Waals surface area contributed by atoms with Crippen LogP contribution in [0.5, 0.6) is 0 Å². The second-order valence-electron chi connectivity index (χ2n) is 8.32. The van der Waals surface area contributed by atoms with E-state index in [0.717, 1.165) is 25.3 Å². The summed E-state index contributed by atoms with van der Waals surface area (Å²) >= 11 is 12.2. The van der Waals surface area contributed by atoms with Crippen molar-refractivity contribution in [3.63, 3.8) is 0 Å². The zero-order valence-electron chi connectivity index (χ0n) is 17.5. The molecule has 1 fully saturated rings. The Balaban J connectivity index is 1.90. The van der Waals surface area contributed by atoms with E-state index in [2.05, 4.69) is 12.2 Å². The molecule has 31 heavy (non-hydrogen) atoms. The van der Waals surface area contributed by atoms with Gasteiger partial charge in [-0.3, -0.25) is 4.79 Å². The standard InChI is InChI=1S/C24H26Cl2F3NO/c1-3-4-19(15-5-6-15)17-9-12-20(26)21(13-17)30-23(31)22(14(2)24(27,28)29)16-7-10-18(25)11-8-16/h7-15,19,22H,3-6H2,1-2H3,(H,30,31)/t14-,19+,22+/m1/s1. The van der Waals surface area contributed by atoms with Crippen molar-refractivity contribution in [3.05, 3.63) is 63.6 Å². The third-order valence-corrected chi connectivity index (χ3v) is 6.58. The normalized spacial score (nSPS) is 17.1. The van der Waals surface area contributed by atoms with Gasteiger partial charge < -0.3 is 5.32 Å². The van der Waals surface area contributed by atoms with Gasteiger partial charge in [0.25, 0.3) is 0 Å². The van der Waals surface area contributed by atoms with Gasteiger partial charge in [-0.25, -0.2) is 0 Å². The van der Waals surface area contributed by atoms with E-state index in [9.17, 15) is 18.0 Å². The zero-order chi connectivity index (χ0) is 22.8. The summed E-state index contributed by atoms with van der Waals surface area (Å²) in [7, 11) is 0. The van der Waals surface area contributed by atoms with Gasteiger partial charge >= 0.3 is 6.18 Å². The van der Waals surface area contributed by atoms with E-state index in [1.807, 2.05) is 12.1 Å². The summed E-state index contributed by atoms with van der Waals surface area (Å²) < 4.78 is 40.7. The lowest BCUT2D eigenvalue weighted by molar-refractivity contribution is -0.178. The van der Waals surface area contributed by atoms with Crippen molar-refractivity contribution in [1.82, 2.24) is 0 Å². The first-order valence-corrected chi connectivity index (χ1v) is 11.3. The van der Waals surface area contributed by atoms with Crippen molar-refractivity contribution in [1.29, 1.82) is 0 Å². The van der Waals surface area contributed by atoms with Crippen molar-refractivity contribution in [2.24, 2.45) is 11.8 Å². The van der Waals surface area contributed by atoms with Crippen molar-refractivity contribution in [2.45, 2.75) is 57.5 Å². The first-order valence-electron chi connectivity index (χ1n) is 10.5. The Morgan fingerprint density at radius 1 is 1.10 bits per heavy atom. The second kappa shape index (κ2) is 9.83. The average Bonchev–Trinajstić information content (AvgIpc) is 3.54. The Hall–Kier alpha value is -1.72. The van der Waals surface area contributed by atoms with E-state index in [1.165, 1.54) is 37.1 Å². The molecule has 1 amide bonds. The SMILES string of the molecule is CCC[C@H](c1ccc(Cl)c(NC(=O)[C@H](c2ccc(Cl)cc2)[C@@H](C)C(F)(F)F)c1)C1CC1. The predicted molar refractivity (Wildman–Crippen MR) is 120 cm³/mol. The van der Waals surface area contributed by atoms with Gasteiger partial charge in [0.15, 0.2) is 0 Å². The van der Waals surface area contributed by atoms with E-state index in [4.69, 9.17) is 23.2 Å². The van der Waals surface area contributed by atoms with E-state index < -0.39 is 23.9 Å². The van der Waals surface area contributed by atoms with Crippen LogP contribution in [0.2, 0.25) is 10.0 Å². The zero-order valence-corrected chi connectivity index (χ0v) is 19.0. The summed E-state index contributed by atoms with van der Waals surface area (Å²) in [6, 6.07) is 11.4. The number of hydrogen-bond donors (Lipinski definition) is 1. The molecule has 1 aliphatic carbocycles. The molecule has 7 heteroatoms. The molecule has 1 saturated carbocycles. The second-order valence-corrected chi connectivity index (χ2v) is 9.16. The molecule has 2 aromatic rings. The van der Waals surface area contributed by atoms with E-state index in [0.29, 0.717) is 27.6 Å². The van der Waals surface area contributed by atoms with Gasteiger partial charge in [-0.1, -0.05) is 61.7 Å². The Morgan fingerprint density at radius 2 is 1.71 bits per heavy atom. The molecule has 0 aromatic heterocycles. The summed E-state index contributed by atoms with van der Waals surface area (Å²) in [6.45, 7) is 3.14. The molecule has 3 atom stereocenters. The van der Waals surface area contributed by atoms with E-state index in [-0.39, 0.29) is 5.56 Å². The van der Waals surface area contributed by atoms with Gasteiger partial charge in [0.2, 0.25) is 5.91 Å². The molecule has 168 valence electrons. The highest BCUT2D eigenvalue weighted by atomic mass is 35.5. The number of alkyl halides is 3. The van der Waals surface area contributed by atoms with E-state index in [1.54, 1.807) is 6.07 Å². The number of rotatable bonds is 8. The minimum absolute atomic E-state index is 0.251. The number of nitrogens with one attached hydrogen (secondary N) is 1. The van der Waals surface area contributed by atoms with Crippen LogP contribution in [-0.4, -0.2) is 12.1 Å². The molecular weight excluding hydrogens is 446 g/mol. The minimum atomic E-state index is -4.54. The number of amides is 1. The molecule has 1 aliphatic rings. The van der Waals surface area contributed by atoms with Crippen molar-refractivity contribution in [3.8, 4) is 0 Å². The molecule has 0 radical (unpaired) electrons. The quantitative estimate of drug-likeness (QED) is 0.412. The van der Waals surface area contributed by atoms with Crippen LogP contribution >= 0.6 is 23.2 Å². The molecule has 0 saturated heterocycles. The van der Waals surface area contributed by atoms with Crippen molar-refractivity contribution >= 4 is 34.8 Å². The highest BCUT2D eigenvalue weighted by Crippen LogP contribution is 2.46. The molecule has 0 bridgehead atoms. The largest absolute Gasteiger partial charge is 0.392 e. The molecule has 0 aliphatic heterocycles. The number of hydrogen-bond acceptors (Lipinski definition) is 1. The highest BCUT2D eigenvalue weighted by Gasteiger charge is 2.45. The van der Waals surface area contributed by atoms with Crippen LogP contribution in [0.3, 0.4) is 0 Å². The molecule has 2 aromatic carbocycles. The van der Waals surface area contributed by atoms with Crippen LogP contribution < -0.4 is 5.32 Å². The fourth-order valence-electron chi connectivity index (χ4n) is 4.09. The van der Waals surface area contributed by atoms with Crippen LogP contribution in [0.4, 0.5) is 18.9 Å². The summed E-state index contributed by atoms with van der Waals surface area (Å²) in [4.78, 5) is 13.1. The fourth-order valence-corrected chi connectivity index (χ4v) is 4.38. The molecule has 0 unspecified atom stereocenters.